The standard InChI is InChI=1S/C11H8N4OS/c16-11(15-8-4-13-14-5-8)7-1-2-9-10(3-7)17-6-12-9/h1-6H,(H,13,14)(H,15,16). The molecule has 0 saturated carbocycles. The van der Waals surface area contributed by atoms with Gasteiger partial charge < -0.3 is 5.32 Å². The highest BCUT2D eigenvalue weighted by molar-refractivity contribution is 7.16. The molecule has 0 aliphatic heterocycles. The summed E-state index contributed by atoms with van der Waals surface area (Å²) >= 11 is 1.52. The lowest BCUT2D eigenvalue weighted by atomic mass is 10.2. The first-order valence-corrected chi connectivity index (χ1v) is 5.84. The molecule has 0 aliphatic carbocycles. The molecule has 5 nitrogen and oxygen atoms in total. The van der Waals surface area contributed by atoms with Gasteiger partial charge in [-0.1, -0.05) is 0 Å². The topological polar surface area (TPSA) is 70.7 Å². The van der Waals surface area contributed by atoms with Crippen LogP contribution < -0.4 is 5.32 Å². The fraction of sp³-hybridized carbons (Fsp3) is 0. The molecule has 0 atom stereocenters. The molecule has 3 rings (SSSR count). The maximum absolute atomic E-state index is 11.9. The number of aromatic amines is 1. The number of carbonyl (C=O) groups is 1. The van der Waals surface area contributed by atoms with Crippen molar-refractivity contribution in [3.8, 4) is 0 Å². The predicted octanol–water partition coefficient (Wildman–Crippen LogP) is 2.27. The van der Waals surface area contributed by atoms with Crippen molar-refractivity contribution < 1.29 is 4.79 Å². The first kappa shape index (κ1) is 9.98. The molecule has 17 heavy (non-hydrogen) atoms. The van der Waals surface area contributed by atoms with Crippen molar-refractivity contribution in [1.82, 2.24) is 15.2 Å². The highest BCUT2D eigenvalue weighted by Crippen LogP contribution is 2.19. The zero-order chi connectivity index (χ0) is 11.7. The smallest absolute Gasteiger partial charge is 0.255 e. The number of nitrogens with one attached hydrogen (secondary N) is 2. The van der Waals surface area contributed by atoms with Crippen molar-refractivity contribution >= 4 is 33.1 Å². The molecule has 0 radical (unpaired) electrons. The third kappa shape index (κ3) is 1.90. The van der Waals surface area contributed by atoms with Crippen LogP contribution in [0.5, 0.6) is 0 Å². The second-order valence-corrected chi connectivity index (χ2v) is 4.36. The van der Waals surface area contributed by atoms with Crippen LogP contribution in [0, 0.1) is 0 Å². The molecule has 2 aromatic heterocycles. The van der Waals surface area contributed by atoms with Crippen LogP contribution in [0.15, 0.2) is 36.1 Å². The highest BCUT2D eigenvalue weighted by atomic mass is 32.1. The van der Waals surface area contributed by atoms with Gasteiger partial charge in [0.25, 0.3) is 5.91 Å². The summed E-state index contributed by atoms with van der Waals surface area (Å²) in [5.41, 5.74) is 3.94. The molecule has 3 aromatic rings. The largest absolute Gasteiger partial charge is 0.319 e. The van der Waals surface area contributed by atoms with Gasteiger partial charge in [0.2, 0.25) is 0 Å². The fourth-order valence-electron chi connectivity index (χ4n) is 1.52. The Morgan fingerprint density at radius 1 is 1.41 bits per heavy atom. The Balaban J connectivity index is 1.90. The van der Waals surface area contributed by atoms with Crippen molar-refractivity contribution in [2.75, 3.05) is 5.32 Å². The van der Waals surface area contributed by atoms with E-state index in [-0.39, 0.29) is 5.91 Å². The Kier molecular flexibility index (Phi) is 2.34. The maximum Gasteiger partial charge on any atom is 0.255 e. The maximum atomic E-state index is 11.9. The van der Waals surface area contributed by atoms with Gasteiger partial charge in [-0.05, 0) is 18.2 Å². The number of benzene rings is 1. The normalized spacial score (nSPS) is 10.6. The number of aromatic nitrogens is 3. The summed E-state index contributed by atoms with van der Waals surface area (Å²) in [4.78, 5) is 16.1. The molecule has 2 heterocycles. The molecule has 2 N–H and O–H groups in total. The monoisotopic (exact) mass is 244 g/mol. The van der Waals surface area contributed by atoms with E-state index in [1.165, 1.54) is 11.3 Å². The lowest BCUT2D eigenvalue weighted by molar-refractivity contribution is 0.102. The summed E-state index contributed by atoms with van der Waals surface area (Å²) in [6, 6.07) is 5.44. The SMILES string of the molecule is O=C(Nc1cn[nH]c1)c1ccc2ncsc2c1. The number of amides is 1. The van der Waals surface area contributed by atoms with E-state index in [9.17, 15) is 4.79 Å². The summed E-state index contributed by atoms with van der Waals surface area (Å²) < 4.78 is 1.00. The molecule has 0 saturated heterocycles. The number of hydrogen-bond donors (Lipinski definition) is 2. The molecular formula is C11H8N4OS. The second kappa shape index (κ2) is 3.99. The third-order valence-electron chi connectivity index (χ3n) is 2.35. The Bertz CT molecular complexity index is 659. The summed E-state index contributed by atoms with van der Waals surface area (Å²) in [6.45, 7) is 0. The Labute approximate surface area is 101 Å². The fourth-order valence-corrected chi connectivity index (χ4v) is 2.24. The van der Waals surface area contributed by atoms with Crippen molar-refractivity contribution in [1.29, 1.82) is 0 Å². The first-order chi connectivity index (χ1) is 8.33. The van der Waals surface area contributed by atoms with Crippen LogP contribution in [0.25, 0.3) is 10.2 Å². The summed E-state index contributed by atoms with van der Waals surface area (Å²) in [7, 11) is 0. The van der Waals surface area contributed by atoms with Crippen molar-refractivity contribution in [3.05, 3.63) is 41.7 Å². The summed E-state index contributed by atoms with van der Waals surface area (Å²) in [6.07, 6.45) is 3.19. The number of anilines is 1. The number of hydrogen-bond acceptors (Lipinski definition) is 4. The number of carbonyl (C=O) groups excluding carboxylic acids is 1. The van der Waals surface area contributed by atoms with E-state index in [1.54, 1.807) is 24.0 Å². The van der Waals surface area contributed by atoms with E-state index in [0.29, 0.717) is 11.3 Å². The van der Waals surface area contributed by atoms with Crippen LogP contribution in [0.4, 0.5) is 5.69 Å². The zero-order valence-electron chi connectivity index (χ0n) is 8.68. The van der Waals surface area contributed by atoms with Crippen LogP contribution in [0.3, 0.4) is 0 Å². The van der Waals surface area contributed by atoms with Gasteiger partial charge in [-0.25, -0.2) is 4.98 Å². The minimum atomic E-state index is -0.151. The zero-order valence-corrected chi connectivity index (χ0v) is 9.49. The van der Waals surface area contributed by atoms with Gasteiger partial charge in [-0.15, -0.1) is 11.3 Å². The molecular weight excluding hydrogens is 236 g/mol. The van der Waals surface area contributed by atoms with E-state index in [2.05, 4.69) is 20.5 Å². The van der Waals surface area contributed by atoms with E-state index < -0.39 is 0 Å². The molecule has 6 heteroatoms. The van der Waals surface area contributed by atoms with Crippen LogP contribution in [-0.2, 0) is 0 Å². The Hall–Kier alpha value is -2.21. The van der Waals surface area contributed by atoms with E-state index in [1.807, 2.05) is 12.1 Å². The molecule has 0 spiro atoms. The van der Waals surface area contributed by atoms with Gasteiger partial charge in [-0.2, -0.15) is 5.10 Å². The van der Waals surface area contributed by atoms with Gasteiger partial charge in [0.05, 0.1) is 27.6 Å². The minimum Gasteiger partial charge on any atom is -0.319 e. The van der Waals surface area contributed by atoms with Gasteiger partial charge in [0.15, 0.2) is 0 Å². The number of H-pyrrole nitrogens is 1. The predicted molar refractivity (Wildman–Crippen MR) is 66.2 cm³/mol. The van der Waals surface area contributed by atoms with Gasteiger partial charge >= 0.3 is 0 Å². The highest BCUT2D eigenvalue weighted by Gasteiger charge is 2.08. The second-order valence-electron chi connectivity index (χ2n) is 3.48. The van der Waals surface area contributed by atoms with E-state index >= 15 is 0 Å². The molecule has 84 valence electrons. The van der Waals surface area contributed by atoms with Gasteiger partial charge in [0.1, 0.15) is 0 Å². The lowest BCUT2D eigenvalue weighted by Gasteiger charge is -2.01. The molecule has 0 unspecified atom stereocenters. The summed E-state index contributed by atoms with van der Waals surface area (Å²) in [5, 5.41) is 9.15. The van der Waals surface area contributed by atoms with Crippen LogP contribution >= 0.6 is 11.3 Å². The van der Waals surface area contributed by atoms with Gasteiger partial charge in [0, 0.05) is 11.8 Å². The van der Waals surface area contributed by atoms with Crippen molar-refractivity contribution in [2.45, 2.75) is 0 Å². The van der Waals surface area contributed by atoms with Crippen LogP contribution in [0.1, 0.15) is 10.4 Å². The quantitative estimate of drug-likeness (QED) is 0.726. The molecule has 0 aliphatic rings. The minimum absolute atomic E-state index is 0.151. The van der Waals surface area contributed by atoms with Crippen molar-refractivity contribution in [2.24, 2.45) is 0 Å². The molecule has 0 fully saturated rings. The van der Waals surface area contributed by atoms with E-state index in [0.717, 1.165) is 10.2 Å². The van der Waals surface area contributed by atoms with Crippen LogP contribution in [-0.4, -0.2) is 21.1 Å². The number of fused-ring (bicyclic) bond motifs is 1. The van der Waals surface area contributed by atoms with E-state index in [4.69, 9.17) is 0 Å². The molecule has 0 bridgehead atoms. The number of thiazole rings is 1. The summed E-state index contributed by atoms with van der Waals surface area (Å²) in [5.74, 6) is -0.151. The molecule has 1 aromatic carbocycles. The Morgan fingerprint density at radius 2 is 2.35 bits per heavy atom. The first-order valence-electron chi connectivity index (χ1n) is 4.96. The van der Waals surface area contributed by atoms with Gasteiger partial charge in [-0.3, -0.25) is 9.89 Å². The van der Waals surface area contributed by atoms with Crippen molar-refractivity contribution in [3.63, 3.8) is 0 Å². The van der Waals surface area contributed by atoms with Crippen LogP contribution in [0.2, 0.25) is 0 Å². The molecule has 1 amide bonds. The average molecular weight is 244 g/mol. The third-order valence-corrected chi connectivity index (χ3v) is 3.14. The average Bonchev–Trinajstić information content (AvgIpc) is 2.97. The Morgan fingerprint density at radius 3 is 3.18 bits per heavy atom. The number of rotatable bonds is 2. The number of nitrogens with zero attached hydrogens (tertiary/aromatic N) is 2. The lowest BCUT2D eigenvalue weighted by Crippen LogP contribution is -2.10.